The summed E-state index contributed by atoms with van der Waals surface area (Å²) in [4.78, 5) is 37.3. The van der Waals surface area contributed by atoms with Gasteiger partial charge in [0.15, 0.2) is 6.04 Å². The Bertz CT molecular complexity index is 656. The molecule has 28 heavy (non-hydrogen) atoms. The first kappa shape index (κ1) is 21.9. The van der Waals surface area contributed by atoms with Crippen LogP contribution in [0.2, 0.25) is 0 Å². The summed E-state index contributed by atoms with van der Waals surface area (Å²) in [6.07, 6.45) is 3.95. The van der Waals surface area contributed by atoms with Crippen molar-refractivity contribution in [2.75, 3.05) is 0 Å². The first-order valence-corrected chi connectivity index (χ1v) is 9.89. The van der Waals surface area contributed by atoms with Crippen molar-refractivity contribution in [3.05, 3.63) is 35.9 Å². The normalized spacial score (nSPS) is 16.4. The van der Waals surface area contributed by atoms with Gasteiger partial charge in [0.2, 0.25) is 11.8 Å². The third-order valence-corrected chi connectivity index (χ3v) is 4.92. The predicted octanol–water partition coefficient (Wildman–Crippen LogP) is 2.89. The summed E-state index contributed by atoms with van der Waals surface area (Å²) < 4.78 is 5.62. The van der Waals surface area contributed by atoms with E-state index in [1.807, 2.05) is 19.9 Å². The van der Waals surface area contributed by atoms with Crippen molar-refractivity contribution in [3.63, 3.8) is 0 Å². The predicted molar refractivity (Wildman–Crippen MR) is 103 cm³/mol. The van der Waals surface area contributed by atoms with Crippen molar-refractivity contribution in [2.45, 2.75) is 64.5 Å². The Morgan fingerprint density at radius 2 is 1.79 bits per heavy atom. The van der Waals surface area contributed by atoms with Gasteiger partial charge >= 0.3 is 5.97 Å². The Morgan fingerprint density at radius 3 is 2.36 bits per heavy atom. The highest BCUT2D eigenvalue weighted by Crippen LogP contribution is 2.25. The zero-order valence-corrected chi connectivity index (χ0v) is 16.5. The maximum Gasteiger partial charge on any atom is 0.333 e. The maximum atomic E-state index is 12.9. The number of carbonyl (C=O) groups excluding carboxylic acids is 3. The number of hydrogen-bond acceptors (Lipinski definition) is 5. The van der Waals surface area contributed by atoms with Gasteiger partial charge in [-0.05, 0) is 43.6 Å². The molecule has 3 N–H and O–H groups in total. The van der Waals surface area contributed by atoms with E-state index < -0.39 is 29.7 Å². The summed E-state index contributed by atoms with van der Waals surface area (Å²) >= 11 is 0. The van der Waals surface area contributed by atoms with E-state index in [-0.39, 0.29) is 18.4 Å². The molecule has 1 aliphatic rings. The highest BCUT2D eigenvalue weighted by atomic mass is 16.5. The fraction of sp³-hybridized carbons (Fsp3) is 0.571. The van der Waals surface area contributed by atoms with E-state index in [0.717, 1.165) is 25.7 Å². The van der Waals surface area contributed by atoms with Gasteiger partial charge < -0.3 is 10.1 Å². The molecule has 0 spiro atoms. The second-order valence-corrected chi connectivity index (χ2v) is 7.76. The van der Waals surface area contributed by atoms with Gasteiger partial charge in [-0.25, -0.2) is 10.3 Å². The van der Waals surface area contributed by atoms with E-state index in [1.165, 1.54) is 0 Å². The average molecular weight is 390 g/mol. The van der Waals surface area contributed by atoms with Crippen molar-refractivity contribution >= 4 is 17.8 Å². The summed E-state index contributed by atoms with van der Waals surface area (Å²) in [5.74, 6) is -2.01. The summed E-state index contributed by atoms with van der Waals surface area (Å²) in [7, 11) is 0. The van der Waals surface area contributed by atoms with E-state index >= 15 is 0 Å². The first-order valence-electron chi connectivity index (χ1n) is 9.89. The van der Waals surface area contributed by atoms with E-state index in [9.17, 15) is 14.4 Å². The van der Waals surface area contributed by atoms with Gasteiger partial charge in [-0.15, -0.1) is 0 Å². The molecular formula is C21H30N2O5. The Kier molecular flexibility index (Phi) is 8.44. The lowest BCUT2D eigenvalue weighted by Crippen LogP contribution is -2.41. The van der Waals surface area contributed by atoms with Gasteiger partial charge in [-0.2, -0.15) is 0 Å². The van der Waals surface area contributed by atoms with E-state index in [1.54, 1.807) is 29.7 Å². The number of esters is 1. The van der Waals surface area contributed by atoms with Gasteiger partial charge in [0, 0.05) is 12.3 Å². The lowest BCUT2D eigenvalue weighted by atomic mass is 9.92. The number of rotatable bonds is 9. The van der Waals surface area contributed by atoms with E-state index in [0.29, 0.717) is 12.0 Å². The van der Waals surface area contributed by atoms with Gasteiger partial charge in [-0.3, -0.25) is 14.8 Å². The summed E-state index contributed by atoms with van der Waals surface area (Å²) in [6.45, 7) is 3.89. The van der Waals surface area contributed by atoms with Gasteiger partial charge in [0.05, 0.1) is 0 Å². The number of amides is 2. The minimum Gasteiger partial charge on any atom is -0.461 e. The van der Waals surface area contributed by atoms with Crippen LogP contribution in [0.5, 0.6) is 0 Å². The van der Waals surface area contributed by atoms with Crippen molar-refractivity contribution in [1.82, 2.24) is 10.8 Å². The van der Waals surface area contributed by atoms with Crippen LogP contribution in [0.1, 0.15) is 64.0 Å². The monoisotopic (exact) mass is 390 g/mol. The molecule has 0 aliphatic heterocycles. The topological polar surface area (TPSA) is 105 Å². The van der Waals surface area contributed by atoms with Gasteiger partial charge in [0.25, 0.3) is 0 Å². The second-order valence-electron chi connectivity index (χ2n) is 7.76. The van der Waals surface area contributed by atoms with Crippen LogP contribution in [0.4, 0.5) is 0 Å². The minimum absolute atomic E-state index is 0.109. The Morgan fingerprint density at radius 1 is 1.14 bits per heavy atom. The molecule has 0 radical (unpaired) electrons. The number of hydrogen-bond donors (Lipinski definition) is 3. The van der Waals surface area contributed by atoms with Gasteiger partial charge in [0.1, 0.15) is 6.10 Å². The zero-order chi connectivity index (χ0) is 20.5. The Labute approximate surface area is 165 Å². The quantitative estimate of drug-likeness (QED) is 0.342. The molecule has 0 bridgehead atoms. The standard InChI is InChI=1S/C21H30N2O5/c1-14(2)12-16(13-18(24)23-27)20(25)22-19(15-8-4-3-5-9-15)21(26)28-17-10-6-7-11-17/h3-5,8-9,14,16-17,19,27H,6-7,10-13H2,1-2H3,(H,22,25)(H,23,24)/t16-,19+/m1/s1. The molecule has 0 saturated heterocycles. The molecule has 1 aliphatic carbocycles. The van der Waals surface area contributed by atoms with Gasteiger partial charge in [-0.1, -0.05) is 44.2 Å². The van der Waals surface area contributed by atoms with Crippen LogP contribution in [0, 0.1) is 11.8 Å². The highest BCUT2D eigenvalue weighted by Gasteiger charge is 2.31. The lowest BCUT2D eigenvalue weighted by molar-refractivity contribution is -0.153. The van der Waals surface area contributed by atoms with Crippen LogP contribution in [0.25, 0.3) is 0 Å². The lowest BCUT2D eigenvalue weighted by Gasteiger charge is -2.24. The SMILES string of the molecule is CC(C)C[C@H](CC(=O)NO)C(=O)N[C@H](C(=O)OC1CCCC1)c1ccccc1. The molecule has 0 heterocycles. The number of ether oxygens (including phenoxy) is 1. The van der Waals surface area contributed by atoms with Crippen LogP contribution in [-0.4, -0.2) is 29.1 Å². The molecule has 2 atom stereocenters. The fourth-order valence-corrected chi connectivity index (χ4v) is 3.54. The van der Waals surface area contributed by atoms with E-state index in [2.05, 4.69) is 5.32 Å². The number of benzene rings is 1. The molecular weight excluding hydrogens is 360 g/mol. The molecule has 1 aromatic rings. The molecule has 0 unspecified atom stereocenters. The maximum absolute atomic E-state index is 12.9. The number of nitrogens with one attached hydrogen (secondary N) is 2. The largest absolute Gasteiger partial charge is 0.461 e. The van der Waals surface area contributed by atoms with Crippen molar-refractivity contribution in [2.24, 2.45) is 11.8 Å². The Balaban J connectivity index is 2.15. The van der Waals surface area contributed by atoms with Crippen molar-refractivity contribution in [1.29, 1.82) is 0 Å². The van der Waals surface area contributed by atoms with Crippen LogP contribution in [-0.2, 0) is 19.1 Å². The molecule has 2 rings (SSSR count). The van der Waals surface area contributed by atoms with Crippen LogP contribution < -0.4 is 10.8 Å². The van der Waals surface area contributed by atoms with Crippen LogP contribution in [0.3, 0.4) is 0 Å². The molecule has 2 amide bonds. The smallest absolute Gasteiger partial charge is 0.333 e. The highest BCUT2D eigenvalue weighted by molar-refractivity contribution is 5.89. The van der Waals surface area contributed by atoms with Crippen LogP contribution in [0.15, 0.2) is 30.3 Å². The molecule has 0 aromatic heterocycles. The molecule has 1 aromatic carbocycles. The van der Waals surface area contributed by atoms with Crippen molar-refractivity contribution in [3.8, 4) is 0 Å². The first-order chi connectivity index (χ1) is 13.4. The third kappa shape index (κ3) is 6.64. The molecule has 7 heteroatoms. The molecule has 154 valence electrons. The minimum atomic E-state index is -0.929. The second kappa shape index (κ2) is 10.8. The fourth-order valence-electron chi connectivity index (χ4n) is 3.54. The molecule has 7 nitrogen and oxygen atoms in total. The van der Waals surface area contributed by atoms with E-state index in [4.69, 9.17) is 9.94 Å². The summed E-state index contributed by atoms with van der Waals surface area (Å²) in [6, 6.07) is 8.01. The number of hydroxylamine groups is 1. The Hall–Kier alpha value is -2.41. The molecule has 1 fully saturated rings. The average Bonchev–Trinajstić information content (AvgIpc) is 3.18. The summed E-state index contributed by atoms with van der Waals surface area (Å²) in [5, 5.41) is 11.6. The summed E-state index contributed by atoms with van der Waals surface area (Å²) in [5.41, 5.74) is 2.20. The number of carbonyl (C=O) groups is 3. The third-order valence-electron chi connectivity index (χ3n) is 4.92. The zero-order valence-electron chi connectivity index (χ0n) is 16.5. The van der Waals surface area contributed by atoms with Crippen molar-refractivity contribution < 1.29 is 24.3 Å². The van der Waals surface area contributed by atoms with Crippen LogP contribution >= 0.6 is 0 Å². The molecule has 1 saturated carbocycles.